The van der Waals surface area contributed by atoms with E-state index in [9.17, 15) is 4.79 Å². The van der Waals surface area contributed by atoms with Crippen LogP contribution in [0.15, 0.2) is 72.9 Å². The smallest absolute Gasteiger partial charge is 0.270 e. The molecule has 0 unspecified atom stereocenters. The first kappa shape index (κ1) is 15.7. The number of aromatic nitrogens is 1. The normalized spacial score (nSPS) is 10.2. The molecule has 0 saturated carbocycles. The van der Waals surface area contributed by atoms with E-state index in [0.29, 0.717) is 12.2 Å². The third-order valence-electron chi connectivity index (χ3n) is 3.72. The third kappa shape index (κ3) is 3.79. The first-order valence-electron chi connectivity index (χ1n) is 7.69. The van der Waals surface area contributed by atoms with Crippen LogP contribution < -0.4 is 10.1 Å². The average Bonchev–Trinajstić information content (AvgIpc) is 2.67. The molecule has 1 heterocycles. The number of amides is 1. The minimum absolute atomic E-state index is 0.189. The molecule has 24 heavy (non-hydrogen) atoms. The molecule has 0 bridgehead atoms. The largest absolute Gasteiger partial charge is 0.497 e. The van der Waals surface area contributed by atoms with E-state index in [0.717, 1.165) is 22.4 Å². The summed E-state index contributed by atoms with van der Waals surface area (Å²) in [7, 11) is 1.63. The van der Waals surface area contributed by atoms with Crippen LogP contribution in [0.1, 0.15) is 16.1 Å². The molecule has 0 aliphatic rings. The van der Waals surface area contributed by atoms with E-state index in [4.69, 9.17) is 4.74 Å². The van der Waals surface area contributed by atoms with Crippen molar-refractivity contribution in [1.29, 1.82) is 0 Å². The number of methoxy groups -OCH3 is 1. The van der Waals surface area contributed by atoms with E-state index in [1.807, 2.05) is 60.7 Å². The summed E-state index contributed by atoms with van der Waals surface area (Å²) in [6, 6.07) is 21.2. The first-order chi connectivity index (χ1) is 11.8. The fourth-order valence-corrected chi connectivity index (χ4v) is 2.35. The Morgan fingerprint density at radius 1 is 0.958 bits per heavy atom. The molecule has 3 aromatic rings. The Morgan fingerprint density at radius 2 is 1.71 bits per heavy atom. The van der Waals surface area contributed by atoms with Gasteiger partial charge in [-0.2, -0.15) is 0 Å². The van der Waals surface area contributed by atoms with E-state index in [-0.39, 0.29) is 5.91 Å². The fourth-order valence-electron chi connectivity index (χ4n) is 2.35. The van der Waals surface area contributed by atoms with E-state index in [1.165, 1.54) is 0 Å². The first-order valence-corrected chi connectivity index (χ1v) is 7.69. The molecular formula is C20H18N2O2. The quantitative estimate of drug-likeness (QED) is 0.780. The maximum absolute atomic E-state index is 12.2. The lowest BCUT2D eigenvalue weighted by Crippen LogP contribution is -2.23. The van der Waals surface area contributed by atoms with Gasteiger partial charge in [-0.25, -0.2) is 0 Å². The van der Waals surface area contributed by atoms with E-state index in [2.05, 4.69) is 10.3 Å². The van der Waals surface area contributed by atoms with Crippen molar-refractivity contribution in [2.45, 2.75) is 6.54 Å². The van der Waals surface area contributed by atoms with Crippen LogP contribution in [-0.4, -0.2) is 18.0 Å². The Bertz CT molecular complexity index is 797. The molecular weight excluding hydrogens is 300 g/mol. The zero-order valence-electron chi connectivity index (χ0n) is 13.4. The predicted octanol–water partition coefficient (Wildman–Crippen LogP) is 3.69. The fraction of sp³-hybridized carbons (Fsp3) is 0.100. The Kier molecular flexibility index (Phi) is 4.87. The standard InChI is InChI=1S/C20H18N2O2/c1-24-18-10-7-15(8-11-18)13-22-20(23)19-12-9-17(14-21-19)16-5-3-2-4-6-16/h2-12,14H,13H2,1H3,(H,22,23). The van der Waals surface area contributed by atoms with Gasteiger partial charge in [-0.05, 0) is 29.3 Å². The summed E-state index contributed by atoms with van der Waals surface area (Å²) in [5.41, 5.74) is 3.48. The Balaban J connectivity index is 1.62. The van der Waals surface area contributed by atoms with Gasteiger partial charge in [0.05, 0.1) is 7.11 Å². The SMILES string of the molecule is COc1ccc(CNC(=O)c2ccc(-c3ccccc3)cn2)cc1. The molecule has 2 aromatic carbocycles. The summed E-state index contributed by atoms with van der Waals surface area (Å²) in [5.74, 6) is 0.605. The topological polar surface area (TPSA) is 51.2 Å². The Labute approximate surface area is 141 Å². The number of ether oxygens (including phenoxy) is 1. The van der Waals surface area contributed by atoms with E-state index in [1.54, 1.807) is 19.4 Å². The highest BCUT2D eigenvalue weighted by Gasteiger charge is 2.07. The summed E-state index contributed by atoms with van der Waals surface area (Å²) in [6.45, 7) is 0.449. The monoisotopic (exact) mass is 318 g/mol. The molecule has 0 aliphatic carbocycles. The van der Waals surface area contributed by atoms with Gasteiger partial charge in [0.2, 0.25) is 0 Å². The van der Waals surface area contributed by atoms with E-state index < -0.39 is 0 Å². The molecule has 0 atom stereocenters. The molecule has 4 nitrogen and oxygen atoms in total. The minimum atomic E-state index is -0.189. The number of carbonyl (C=O) groups excluding carboxylic acids is 1. The van der Waals surface area contributed by atoms with Crippen molar-refractivity contribution in [2.24, 2.45) is 0 Å². The number of carbonyl (C=O) groups is 1. The van der Waals surface area contributed by atoms with Crippen molar-refractivity contribution in [3.8, 4) is 16.9 Å². The molecule has 0 saturated heterocycles. The number of pyridine rings is 1. The van der Waals surface area contributed by atoms with Crippen LogP contribution in [0.2, 0.25) is 0 Å². The van der Waals surface area contributed by atoms with Crippen molar-refractivity contribution in [1.82, 2.24) is 10.3 Å². The maximum atomic E-state index is 12.2. The molecule has 3 rings (SSSR count). The number of benzene rings is 2. The number of hydrogen-bond acceptors (Lipinski definition) is 3. The van der Waals surface area contributed by atoms with Gasteiger partial charge >= 0.3 is 0 Å². The van der Waals surface area contributed by atoms with Crippen LogP contribution in [0.25, 0.3) is 11.1 Å². The van der Waals surface area contributed by atoms with Crippen LogP contribution in [0, 0.1) is 0 Å². The van der Waals surface area contributed by atoms with Gasteiger partial charge in [-0.1, -0.05) is 48.5 Å². The molecule has 120 valence electrons. The van der Waals surface area contributed by atoms with Gasteiger partial charge < -0.3 is 10.1 Å². The lowest BCUT2D eigenvalue weighted by molar-refractivity contribution is 0.0946. The van der Waals surface area contributed by atoms with Crippen LogP contribution in [0.4, 0.5) is 0 Å². The number of nitrogens with zero attached hydrogens (tertiary/aromatic N) is 1. The molecule has 0 radical (unpaired) electrons. The second kappa shape index (κ2) is 7.42. The van der Waals surface area contributed by atoms with Crippen LogP contribution >= 0.6 is 0 Å². The minimum Gasteiger partial charge on any atom is -0.497 e. The zero-order valence-corrected chi connectivity index (χ0v) is 13.4. The highest BCUT2D eigenvalue weighted by atomic mass is 16.5. The van der Waals surface area contributed by atoms with Crippen molar-refractivity contribution in [2.75, 3.05) is 7.11 Å². The lowest BCUT2D eigenvalue weighted by Gasteiger charge is -2.07. The summed E-state index contributed by atoms with van der Waals surface area (Å²) in [6.07, 6.45) is 1.72. The van der Waals surface area contributed by atoms with Crippen molar-refractivity contribution < 1.29 is 9.53 Å². The van der Waals surface area contributed by atoms with Gasteiger partial charge in [-0.3, -0.25) is 9.78 Å². The van der Waals surface area contributed by atoms with Crippen molar-refractivity contribution in [3.05, 3.63) is 84.2 Å². The number of rotatable bonds is 5. The molecule has 0 aliphatic heterocycles. The van der Waals surface area contributed by atoms with Crippen LogP contribution in [0.3, 0.4) is 0 Å². The number of hydrogen-bond donors (Lipinski definition) is 1. The van der Waals surface area contributed by atoms with Crippen molar-refractivity contribution >= 4 is 5.91 Å². The molecule has 0 spiro atoms. The molecule has 1 N–H and O–H groups in total. The third-order valence-corrected chi connectivity index (χ3v) is 3.72. The second-order valence-corrected chi connectivity index (χ2v) is 5.33. The molecule has 1 aromatic heterocycles. The zero-order chi connectivity index (χ0) is 16.8. The van der Waals surface area contributed by atoms with Gasteiger partial charge in [0.25, 0.3) is 5.91 Å². The highest BCUT2D eigenvalue weighted by Crippen LogP contribution is 2.17. The molecule has 4 heteroatoms. The second-order valence-electron chi connectivity index (χ2n) is 5.33. The van der Waals surface area contributed by atoms with Gasteiger partial charge in [-0.15, -0.1) is 0 Å². The summed E-state index contributed by atoms with van der Waals surface area (Å²) in [5, 5.41) is 2.87. The Morgan fingerprint density at radius 3 is 2.33 bits per heavy atom. The van der Waals surface area contributed by atoms with Crippen LogP contribution in [-0.2, 0) is 6.54 Å². The molecule has 1 amide bonds. The number of nitrogens with one attached hydrogen (secondary N) is 1. The van der Waals surface area contributed by atoms with Gasteiger partial charge in [0.1, 0.15) is 11.4 Å². The maximum Gasteiger partial charge on any atom is 0.270 e. The Hall–Kier alpha value is -3.14. The lowest BCUT2D eigenvalue weighted by atomic mass is 10.1. The highest BCUT2D eigenvalue weighted by molar-refractivity contribution is 5.92. The predicted molar refractivity (Wildman–Crippen MR) is 93.8 cm³/mol. The van der Waals surface area contributed by atoms with E-state index >= 15 is 0 Å². The van der Waals surface area contributed by atoms with Crippen molar-refractivity contribution in [3.63, 3.8) is 0 Å². The van der Waals surface area contributed by atoms with Gasteiger partial charge in [0, 0.05) is 18.3 Å². The average molecular weight is 318 g/mol. The summed E-state index contributed by atoms with van der Waals surface area (Å²) in [4.78, 5) is 16.5. The molecule has 0 fully saturated rings. The van der Waals surface area contributed by atoms with Gasteiger partial charge in [0.15, 0.2) is 0 Å². The van der Waals surface area contributed by atoms with Crippen LogP contribution in [0.5, 0.6) is 5.75 Å². The summed E-state index contributed by atoms with van der Waals surface area (Å²) >= 11 is 0. The summed E-state index contributed by atoms with van der Waals surface area (Å²) < 4.78 is 5.11.